The van der Waals surface area contributed by atoms with Gasteiger partial charge < -0.3 is 15.5 Å². The molecule has 1 heterocycles. The van der Waals surface area contributed by atoms with Crippen LogP contribution in [0.5, 0.6) is 0 Å². The average molecular weight is 326 g/mol. The van der Waals surface area contributed by atoms with Crippen LogP contribution in [0, 0.1) is 17.5 Å². The summed E-state index contributed by atoms with van der Waals surface area (Å²) in [7, 11) is 0. The number of benzene rings is 1. The Hall–Kier alpha value is -2.35. The lowest BCUT2D eigenvalue weighted by atomic mass is 9.97. The largest absolute Gasteiger partial charge is 0.462 e. The van der Waals surface area contributed by atoms with Crippen molar-refractivity contribution in [3.63, 3.8) is 0 Å². The van der Waals surface area contributed by atoms with Crippen LogP contribution in [-0.4, -0.2) is 17.6 Å². The number of halogens is 3. The normalized spacial score (nSPS) is 15.7. The molecular formula is C15H13F3N2O3. The van der Waals surface area contributed by atoms with Crippen molar-refractivity contribution >= 4 is 16.9 Å². The summed E-state index contributed by atoms with van der Waals surface area (Å²) in [6, 6.07) is 0. The lowest BCUT2D eigenvalue weighted by Crippen LogP contribution is -2.27. The van der Waals surface area contributed by atoms with Crippen LogP contribution in [0.2, 0.25) is 0 Å². The van der Waals surface area contributed by atoms with Crippen molar-refractivity contribution in [2.45, 2.75) is 25.3 Å². The van der Waals surface area contributed by atoms with Crippen molar-refractivity contribution in [1.29, 1.82) is 0 Å². The minimum absolute atomic E-state index is 0.0239. The third-order valence-corrected chi connectivity index (χ3v) is 3.94. The molecule has 0 bridgehead atoms. The van der Waals surface area contributed by atoms with E-state index < -0.39 is 56.4 Å². The summed E-state index contributed by atoms with van der Waals surface area (Å²) in [6.07, 6.45) is 1.57. The van der Waals surface area contributed by atoms with E-state index in [-0.39, 0.29) is 6.61 Å². The number of nitrogens with two attached hydrogens (primary N) is 1. The summed E-state index contributed by atoms with van der Waals surface area (Å²) in [5.41, 5.74) is 2.38. The maximum atomic E-state index is 14.2. The lowest BCUT2D eigenvalue weighted by Gasteiger charge is -2.15. The third-order valence-electron chi connectivity index (χ3n) is 3.94. The minimum atomic E-state index is -1.70. The van der Waals surface area contributed by atoms with E-state index in [1.54, 1.807) is 6.92 Å². The fourth-order valence-corrected chi connectivity index (χ4v) is 2.58. The number of hydrogen-bond acceptors (Lipinski definition) is 4. The molecule has 0 aliphatic heterocycles. The number of esters is 1. The molecule has 0 radical (unpaired) electrons. The highest BCUT2D eigenvalue weighted by Gasteiger charge is 2.45. The van der Waals surface area contributed by atoms with Crippen LogP contribution in [0.25, 0.3) is 10.9 Å². The first-order valence-electron chi connectivity index (χ1n) is 7.00. The second-order valence-electron chi connectivity index (χ2n) is 5.48. The van der Waals surface area contributed by atoms with Crippen molar-refractivity contribution in [3.8, 4) is 0 Å². The number of fused-ring (bicyclic) bond motifs is 1. The summed E-state index contributed by atoms with van der Waals surface area (Å²) in [5, 5.41) is -0.452. The predicted octanol–water partition coefficient (Wildman–Crippen LogP) is 2.07. The molecule has 1 aliphatic carbocycles. The molecule has 3 rings (SSSR count). The number of carbonyl (C=O) groups is 1. The van der Waals surface area contributed by atoms with Gasteiger partial charge in [-0.2, -0.15) is 0 Å². The van der Waals surface area contributed by atoms with Crippen LogP contribution in [0.3, 0.4) is 0 Å². The highest BCUT2D eigenvalue weighted by atomic mass is 19.2. The number of rotatable bonds is 3. The maximum Gasteiger partial charge on any atom is 0.343 e. The van der Waals surface area contributed by atoms with Gasteiger partial charge in [0.15, 0.2) is 17.5 Å². The molecule has 1 aromatic carbocycles. The smallest absolute Gasteiger partial charge is 0.343 e. The van der Waals surface area contributed by atoms with Crippen molar-refractivity contribution in [3.05, 3.63) is 45.0 Å². The molecule has 122 valence electrons. The zero-order valence-electron chi connectivity index (χ0n) is 12.1. The van der Waals surface area contributed by atoms with Crippen molar-refractivity contribution in [2.24, 2.45) is 5.73 Å². The number of H-pyrrole nitrogens is 1. The summed E-state index contributed by atoms with van der Waals surface area (Å²) in [6.45, 7) is 1.57. The molecule has 1 aliphatic rings. The van der Waals surface area contributed by atoms with Crippen molar-refractivity contribution < 1.29 is 22.7 Å². The SMILES string of the molecule is CCOC(=O)c1c[nH]c2c(F)c(F)c(F)c(C3(N)CC3)c2c1=O. The molecule has 1 fully saturated rings. The number of aromatic amines is 1. The van der Waals surface area contributed by atoms with E-state index in [1.165, 1.54) is 0 Å². The highest BCUT2D eigenvalue weighted by Crippen LogP contribution is 2.46. The number of carbonyl (C=O) groups excluding carboxylic acids is 1. The van der Waals surface area contributed by atoms with Gasteiger partial charge in [0, 0.05) is 17.3 Å². The van der Waals surface area contributed by atoms with Crippen molar-refractivity contribution in [1.82, 2.24) is 4.98 Å². The Kier molecular flexibility index (Phi) is 3.44. The quantitative estimate of drug-likeness (QED) is 0.668. The first-order valence-corrected chi connectivity index (χ1v) is 7.00. The topological polar surface area (TPSA) is 85.2 Å². The Labute approximate surface area is 128 Å². The van der Waals surface area contributed by atoms with Crippen molar-refractivity contribution in [2.75, 3.05) is 6.61 Å². The number of ether oxygens (including phenoxy) is 1. The van der Waals surface area contributed by atoms with Crippen LogP contribution in [0.1, 0.15) is 35.7 Å². The first-order chi connectivity index (χ1) is 10.8. The van der Waals surface area contributed by atoms with E-state index in [0.29, 0.717) is 12.8 Å². The molecule has 23 heavy (non-hydrogen) atoms. The highest BCUT2D eigenvalue weighted by molar-refractivity contribution is 5.95. The fourth-order valence-electron chi connectivity index (χ4n) is 2.58. The zero-order chi connectivity index (χ0) is 16.9. The van der Waals surface area contributed by atoms with E-state index in [0.717, 1.165) is 6.20 Å². The van der Waals surface area contributed by atoms with E-state index in [4.69, 9.17) is 10.5 Å². The van der Waals surface area contributed by atoms with Gasteiger partial charge in [0.1, 0.15) is 5.56 Å². The number of nitrogens with one attached hydrogen (secondary N) is 1. The van der Waals surface area contributed by atoms with Gasteiger partial charge in [-0.1, -0.05) is 0 Å². The van der Waals surface area contributed by atoms with Gasteiger partial charge in [0.2, 0.25) is 5.43 Å². The van der Waals surface area contributed by atoms with Crippen LogP contribution >= 0.6 is 0 Å². The molecule has 0 atom stereocenters. The van der Waals surface area contributed by atoms with Crippen LogP contribution in [0.4, 0.5) is 13.2 Å². The molecule has 2 aromatic rings. The van der Waals surface area contributed by atoms with Gasteiger partial charge in [-0.3, -0.25) is 4.79 Å². The third kappa shape index (κ3) is 2.21. The van der Waals surface area contributed by atoms with Gasteiger partial charge >= 0.3 is 5.97 Å². The molecule has 0 saturated heterocycles. The minimum Gasteiger partial charge on any atom is -0.462 e. The molecular weight excluding hydrogens is 313 g/mol. The molecule has 0 unspecified atom stereocenters. The average Bonchev–Trinajstić information content (AvgIpc) is 3.24. The summed E-state index contributed by atoms with van der Waals surface area (Å²) < 4.78 is 46.7. The molecule has 1 saturated carbocycles. The van der Waals surface area contributed by atoms with Gasteiger partial charge in [-0.05, 0) is 19.8 Å². The summed E-state index contributed by atoms with van der Waals surface area (Å²) in [4.78, 5) is 26.6. The van der Waals surface area contributed by atoms with E-state index in [9.17, 15) is 22.8 Å². The van der Waals surface area contributed by atoms with Gasteiger partial charge in [0.05, 0.1) is 17.5 Å². The zero-order valence-corrected chi connectivity index (χ0v) is 12.1. The Morgan fingerprint density at radius 3 is 2.52 bits per heavy atom. The molecule has 0 amide bonds. The Bertz CT molecular complexity index is 888. The maximum absolute atomic E-state index is 14.2. The number of hydrogen-bond donors (Lipinski definition) is 2. The number of aromatic nitrogens is 1. The number of pyridine rings is 1. The standard InChI is InChI=1S/C15H13F3N2O3/c1-2-23-14(22)6-5-20-12-7(13(6)21)8(15(19)3-4-15)9(16)10(17)11(12)18/h5H,2-4,19H2,1H3,(H,20,21). The van der Waals surface area contributed by atoms with E-state index in [2.05, 4.69) is 4.98 Å². The van der Waals surface area contributed by atoms with Gasteiger partial charge in [0.25, 0.3) is 0 Å². The molecule has 0 spiro atoms. The molecule has 5 nitrogen and oxygen atoms in total. The molecule has 3 N–H and O–H groups in total. The predicted molar refractivity (Wildman–Crippen MR) is 75.5 cm³/mol. The Morgan fingerprint density at radius 1 is 1.30 bits per heavy atom. The fraction of sp³-hybridized carbons (Fsp3) is 0.333. The molecule has 8 heteroatoms. The summed E-state index contributed by atoms with van der Waals surface area (Å²) >= 11 is 0. The van der Waals surface area contributed by atoms with E-state index in [1.807, 2.05) is 0 Å². The Balaban J connectivity index is 2.42. The van der Waals surface area contributed by atoms with E-state index >= 15 is 0 Å². The molecule has 1 aromatic heterocycles. The lowest BCUT2D eigenvalue weighted by molar-refractivity contribution is 0.0524. The Morgan fingerprint density at radius 2 is 1.96 bits per heavy atom. The van der Waals surface area contributed by atoms with Crippen LogP contribution < -0.4 is 11.2 Å². The second-order valence-corrected chi connectivity index (χ2v) is 5.48. The van der Waals surface area contributed by atoms with Gasteiger partial charge in [-0.15, -0.1) is 0 Å². The monoisotopic (exact) mass is 326 g/mol. The first kappa shape index (κ1) is 15.5. The summed E-state index contributed by atoms with van der Waals surface area (Å²) in [5.74, 6) is -5.67. The second kappa shape index (κ2) is 5.09. The van der Waals surface area contributed by atoms with Crippen LogP contribution in [-0.2, 0) is 10.3 Å². The van der Waals surface area contributed by atoms with Gasteiger partial charge in [-0.25, -0.2) is 18.0 Å². The van der Waals surface area contributed by atoms with Crippen LogP contribution in [0.15, 0.2) is 11.0 Å².